The highest BCUT2D eigenvalue weighted by Gasteiger charge is 2.25. The molecule has 2 aliphatic heterocycles. The first-order chi connectivity index (χ1) is 13.1. The molecule has 142 valence electrons. The van der Waals surface area contributed by atoms with Crippen molar-refractivity contribution in [3.05, 3.63) is 41.7 Å². The lowest BCUT2D eigenvalue weighted by atomic mass is 10.0. The van der Waals surface area contributed by atoms with Gasteiger partial charge in [-0.3, -0.25) is 9.48 Å². The van der Waals surface area contributed by atoms with Gasteiger partial charge in [0.2, 0.25) is 5.91 Å². The predicted octanol–water partition coefficient (Wildman–Crippen LogP) is 1.76. The van der Waals surface area contributed by atoms with Gasteiger partial charge in [-0.2, -0.15) is 5.10 Å². The molecule has 0 atom stereocenters. The van der Waals surface area contributed by atoms with Crippen molar-refractivity contribution in [3.63, 3.8) is 0 Å². The highest BCUT2D eigenvalue weighted by Crippen LogP contribution is 2.31. The van der Waals surface area contributed by atoms with Crippen LogP contribution in [0.15, 0.2) is 30.6 Å². The van der Waals surface area contributed by atoms with Gasteiger partial charge >= 0.3 is 5.97 Å². The van der Waals surface area contributed by atoms with Crippen molar-refractivity contribution in [2.45, 2.75) is 25.3 Å². The zero-order chi connectivity index (χ0) is 18.8. The number of aromatic carboxylic acids is 1. The number of carbonyl (C=O) groups is 2. The first kappa shape index (κ1) is 17.4. The summed E-state index contributed by atoms with van der Waals surface area (Å²) in [6.07, 6.45) is 4.76. The second-order valence-electron chi connectivity index (χ2n) is 6.78. The van der Waals surface area contributed by atoms with E-state index in [1.165, 1.54) is 6.20 Å². The van der Waals surface area contributed by atoms with Crippen LogP contribution in [0.3, 0.4) is 0 Å². The molecule has 3 heterocycles. The smallest absolute Gasteiger partial charge is 0.338 e. The molecule has 0 spiro atoms. The van der Waals surface area contributed by atoms with Gasteiger partial charge in [-0.05, 0) is 30.5 Å². The van der Waals surface area contributed by atoms with E-state index in [2.05, 4.69) is 5.10 Å². The fourth-order valence-electron chi connectivity index (χ4n) is 3.51. The van der Waals surface area contributed by atoms with Crippen LogP contribution >= 0.6 is 0 Å². The maximum atomic E-state index is 12.6. The maximum Gasteiger partial charge on any atom is 0.338 e. The quantitative estimate of drug-likeness (QED) is 0.880. The Labute approximate surface area is 156 Å². The zero-order valence-corrected chi connectivity index (χ0v) is 14.8. The van der Waals surface area contributed by atoms with Gasteiger partial charge in [-0.15, -0.1) is 0 Å². The number of amides is 1. The molecule has 0 bridgehead atoms. The highest BCUT2D eigenvalue weighted by molar-refractivity contribution is 5.86. The van der Waals surface area contributed by atoms with E-state index >= 15 is 0 Å². The van der Waals surface area contributed by atoms with Crippen LogP contribution in [0.5, 0.6) is 11.5 Å². The molecule has 8 nitrogen and oxygen atoms in total. The summed E-state index contributed by atoms with van der Waals surface area (Å²) < 4.78 is 12.8. The van der Waals surface area contributed by atoms with E-state index < -0.39 is 5.97 Å². The molecule has 1 saturated heterocycles. The van der Waals surface area contributed by atoms with E-state index in [9.17, 15) is 9.59 Å². The number of aromatic nitrogens is 2. The first-order valence-corrected chi connectivity index (χ1v) is 9.04. The lowest BCUT2D eigenvalue weighted by Gasteiger charge is -2.32. The molecule has 1 amide bonds. The Hall–Kier alpha value is -3.03. The van der Waals surface area contributed by atoms with Crippen LogP contribution in [0.25, 0.3) is 0 Å². The molecule has 0 aliphatic carbocycles. The summed E-state index contributed by atoms with van der Waals surface area (Å²) in [4.78, 5) is 25.5. The molecule has 4 rings (SSSR count). The standard InChI is InChI=1S/C19H21N3O5/c23-18(10-13-1-2-16-17(9-13)27-8-7-26-16)21-5-3-15(4-6-21)22-12-14(11-20-22)19(24)25/h1-2,9,11-12,15H,3-8,10H2,(H,24,25). The molecule has 0 unspecified atom stereocenters. The lowest BCUT2D eigenvalue weighted by Crippen LogP contribution is -2.40. The minimum Gasteiger partial charge on any atom is -0.486 e. The summed E-state index contributed by atoms with van der Waals surface area (Å²) in [5.41, 5.74) is 1.09. The van der Waals surface area contributed by atoms with Gasteiger partial charge in [0.15, 0.2) is 11.5 Å². The van der Waals surface area contributed by atoms with E-state index in [0.717, 1.165) is 24.2 Å². The molecule has 1 fully saturated rings. The molecule has 1 N–H and O–H groups in total. The van der Waals surface area contributed by atoms with Crippen molar-refractivity contribution < 1.29 is 24.2 Å². The molecule has 27 heavy (non-hydrogen) atoms. The van der Waals surface area contributed by atoms with Crippen molar-refractivity contribution in [2.24, 2.45) is 0 Å². The fourth-order valence-corrected chi connectivity index (χ4v) is 3.51. The number of carboxylic acids is 1. The van der Waals surface area contributed by atoms with Crippen LogP contribution in [0, 0.1) is 0 Å². The Morgan fingerprint density at radius 3 is 2.59 bits per heavy atom. The third-order valence-electron chi connectivity index (χ3n) is 5.00. The molecule has 8 heteroatoms. The molecule has 1 aromatic carbocycles. The number of piperidine rings is 1. The average Bonchev–Trinajstić information content (AvgIpc) is 3.18. The molecular weight excluding hydrogens is 350 g/mol. The Kier molecular flexibility index (Phi) is 4.70. The summed E-state index contributed by atoms with van der Waals surface area (Å²) in [5, 5.41) is 13.1. The molecule has 0 saturated carbocycles. The van der Waals surface area contributed by atoms with E-state index in [0.29, 0.717) is 38.5 Å². The average molecular weight is 371 g/mol. The summed E-state index contributed by atoms with van der Waals surface area (Å²) in [5.74, 6) is 0.515. The fraction of sp³-hybridized carbons (Fsp3) is 0.421. The molecular formula is C19H21N3O5. The zero-order valence-electron chi connectivity index (χ0n) is 14.8. The van der Waals surface area contributed by atoms with Crippen molar-refractivity contribution in [2.75, 3.05) is 26.3 Å². The second kappa shape index (κ2) is 7.30. The number of carbonyl (C=O) groups excluding carboxylic acids is 1. The van der Waals surface area contributed by atoms with Crippen molar-refractivity contribution >= 4 is 11.9 Å². The number of hydrogen-bond acceptors (Lipinski definition) is 5. The van der Waals surface area contributed by atoms with Gasteiger partial charge < -0.3 is 19.5 Å². The summed E-state index contributed by atoms with van der Waals surface area (Å²) >= 11 is 0. The monoisotopic (exact) mass is 371 g/mol. The number of likely N-dealkylation sites (tertiary alicyclic amines) is 1. The number of benzene rings is 1. The largest absolute Gasteiger partial charge is 0.486 e. The number of ether oxygens (including phenoxy) is 2. The van der Waals surface area contributed by atoms with Gasteiger partial charge in [-0.1, -0.05) is 6.07 Å². The Morgan fingerprint density at radius 2 is 1.89 bits per heavy atom. The van der Waals surface area contributed by atoms with Crippen molar-refractivity contribution in [1.29, 1.82) is 0 Å². The molecule has 2 aliphatic rings. The van der Waals surface area contributed by atoms with Gasteiger partial charge in [0, 0.05) is 19.3 Å². The Bertz CT molecular complexity index is 855. The van der Waals surface area contributed by atoms with E-state index in [4.69, 9.17) is 14.6 Å². The van der Waals surface area contributed by atoms with E-state index in [-0.39, 0.29) is 17.5 Å². The van der Waals surface area contributed by atoms with Gasteiger partial charge in [0.05, 0.1) is 24.2 Å². The minimum atomic E-state index is -0.978. The van der Waals surface area contributed by atoms with Crippen molar-refractivity contribution in [1.82, 2.24) is 14.7 Å². The Morgan fingerprint density at radius 1 is 1.15 bits per heavy atom. The topological polar surface area (TPSA) is 93.9 Å². The molecule has 1 aromatic heterocycles. The van der Waals surface area contributed by atoms with Crippen LogP contribution < -0.4 is 9.47 Å². The van der Waals surface area contributed by atoms with Crippen LogP contribution in [0.1, 0.15) is 34.8 Å². The van der Waals surface area contributed by atoms with Crippen LogP contribution in [0.4, 0.5) is 0 Å². The third-order valence-corrected chi connectivity index (χ3v) is 5.00. The van der Waals surface area contributed by atoms with Crippen LogP contribution in [-0.4, -0.2) is 58.0 Å². The summed E-state index contributed by atoms with van der Waals surface area (Å²) in [6, 6.07) is 5.74. The number of hydrogen-bond donors (Lipinski definition) is 1. The van der Waals surface area contributed by atoms with Gasteiger partial charge in [0.25, 0.3) is 0 Å². The second-order valence-corrected chi connectivity index (χ2v) is 6.78. The maximum absolute atomic E-state index is 12.6. The molecule has 0 radical (unpaired) electrons. The third kappa shape index (κ3) is 3.74. The normalized spacial score (nSPS) is 17.0. The lowest BCUT2D eigenvalue weighted by molar-refractivity contribution is -0.131. The minimum absolute atomic E-state index is 0.0804. The van der Waals surface area contributed by atoms with E-state index in [1.54, 1.807) is 10.9 Å². The summed E-state index contributed by atoms with van der Waals surface area (Å²) in [6.45, 7) is 2.34. The highest BCUT2D eigenvalue weighted by atomic mass is 16.6. The SMILES string of the molecule is O=C(O)c1cnn(C2CCN(C(=O)Cc3ccc4c(c3)OCCO4)CC2)c1. The molecule has 2 aromatic rings. The number of carboxylic acid groups (broad SMARTS) is 1. The van der Waals surface area contributed by atoms with Gasteiger partial charge in [0.1, 0.15) is 13.2 Å². The first-order valence-electron chi connectivity index (χ1n) is 9.04. The predicted molar refractivity (Wildman–Crippen MR) is 95.2 cm³/mol. The summed E-state index contributed by atoms with van der Waals surface area (Å²) in [7, 11) is 0. The number of nitrogens with zero attached hydrogens (tertiary/aromatic N) is 3. The van der Waals surface area contributed by atoms with Gasteiger partial charge in [-0.25, -0.2) is 4.79 Å². The van der Waals surface area contributed by atoms with Crippen LogP contribution in [0.2, 0.25) is 0 Å². The number of rotatable bonds is 4. The van der Waals surface area contributed by atoms with Crippen molar-refractivity contribution in [3.8, 4) is 11.5 Å². The number of fused-ring (bicyclic) bond motifs is 1. The Balaban J connectivity index is 1.33. The van der Waals surface area contributed by atoms with Crippen LogP contribution in [-0.2, 0) is 11.2 Å². The van der Waals surface area contributed by atoms with E-state index in [1.807, 2.05) is 23.1 Å².